The second-order valence-electron chi connectivity index (χ2n) is 3.87. The van der Waals surface area contributed by atoms with Gasteiger partial charge >= 0.3 is 12.2 Å². The van der Waals surface area contributed by atoms with Gasteiger partial charge in [-0.3, -0.25) is 5.32 Å². The normalized spacial score (nSPS) is 13.0. The number of amides is 2. The van der Waals surface area contributed by atoms with E-state index in [2.05, 4.69) is 25.8 Å². The Balaban J connectivity index is 2.02. The Hall–Kier alpha value is -1.75. The molecule has 0 fully saturated rings. The van der Waals surface area contributed by atoms with Gasteiger partial charge in [-0.1, -0.05) is 18.3 Å². The molecule has 21 heavy (non-hydrogen) atoms. The second kappa shape index (κ2) is 6.35. The van der Waals surface area contributed by atoms with E-state index >= 15 is 0 Å². The molecule has 0 aromatic carbocycles. The molecule has 2 rings (SSSR count). The van der Waals surface area contributed by atoms with Crippen LogP contribution in [-0.2, 0) is 6.18 Å². The summed E-state index contributed by atoms with van der Waals surface area (Å²) in [5, 5.41) is 13.6. The zero-order valence-electron chi connectivity index (χ0n) is 10.6. The van der Waals surface area contributed by atoms with Gasteiger partial charge in [-0.05, 0) is 6.42 Å². The Bertz CT molecular complexity index is 598. The Labute approximate surface area is 125 Å². The first kappa shape index (κ1) is 15.6. The Morgan fingerprint density at radius 3 is 2.71 bits per heavy atom. The summed E-state index contributed by atoms with van der Waals surface area (Å²) in [6.45, 7) is 1.74. The van der Waals surface area contributed by atoms with Crippen LogP contribution in [0.25, 0.3) is 0 Å². The van der Waals surface area contributed by atoms with Crippen LogP contribution in [0, 0.1) is 0 Å². The van der Waals surface area contributed by atoms with Crippen molar-refractivity contribution >= 4 is 33.8 Å². The third kappa shape index (κ3) is 4.11. The van der Waals surface area contributed by atoms with Crippen LogP contribution in [-0.4, -0.2) is 21.2 Å². The van der Waals surface area contributed by atoms with Gasteiger partial charge in [-0.2, -0.15) is 13.2 Å². The SMILES string of the molecule is CC[C@H](NC(=O)Nc1nncs1)c1nc(C(F)(F)F)cs1. The zero-order valence-corrected chi connectivity index (χ0v) is 12.3. The minimum absolute atomic E-state index is 0.206. The molecule has 2 amide bonds. The molecule has 114 valence electrons. The van der Waals surface area contributed by atoms with Crippen LogP contribution in [0.2, 0.25) is 0 Å². The van der Waals surface area contributed by atoms with Crippen LogP contribution in [0.15, 0.2) is 10.9 Å². The summed E-state index contributed by atoms with van der Waals surface area (Å²) in [7, 11) is 0. The molecule has 2 N–H and O–H groups in total. The van der Waals surface area contributed by atoms with E-state index in [4.69, 9.17) is 0 Å². The molecule has 0 unspecified atom stereocenters. The van der Waals surface area contributed by atoms with Gasteiger partial charge in [-0.25, -0.2) is 9.78 Å². The molecule has 0 spiro atoms. The minimum atomic E-state index is -4.48. The smallest absolute Gasteiger partial charge is 0.329 e. The van der Waals surface area contributed by atoms with Crippen LogP contribution in [0.3, 0.4) is 0 Å². The number of halogens is 3. The van der Waals surface area contributed by atoms with Crippen molar-refractivity contribution in [1.29, 1.82) is 0 Å². The summed E-state index contributed by atoms with van der Waals surface area (Å²) in [5.41, 5.74) is 0.496. The fourth-order valence-corrected chi connectivity index (χ4v) is 2.83. The number of rotatable bonds is 4. The quantitative estimate of drug-likeness (QED) is 0.897. The number of hydrogen-bond donors (Lipinski definition) is 2. The van der Waals surface area contributed by atoms with Gasteiger partial charge in [0.15, 0.2) is 5.69 Å². The number of aromatic nitrogens is 3. The number of urea groups is 1. The molecular weight excluding hydrogens is 327 g/mol. The standard InChI is InChI=1S/C10H10F3N5OS2/c1-2-5(7-16-6(3-20-7)10(11,12)13)15-8(19)17-9-18-14-4-21-9/h3-5H,2H2,1H3,(H2,15,17,18,19)/t5-/m0/s1. The number of hydrogen-bond acceptors (Lipinski definition) is 6. The summed E-state index contributed by atoms with van der Waals surface area (Å²) in [6.07, 6.45) is -4.07. The lowest BCUT2D eigenvalue weighted by atomic mass is 10.2. The van der Waals surface area contributed by atoms with Crippen LogP contribution in [0.1, 0.15) is 30.1 Å². The summed E-state index contributed by atoms with van der Waals surface area (Å²) in [4.78, 5) is 15.3. The Morgan fingerprint density at radius 1 is 1.43 bits per heavy atom. The lowest BCUT2D eigenvalue weighted by Crippen LogP contribution is -2.32. The van der Waals surface area contributed by atoms with Crippen molar-refractivity contribution in [3.63, 3.8) is 0 Å². The summed E-state index contributed by atoms with van der Waals surface area (Å²) in [6, 6.07) is -1.17. The summed E-state index contributed by atoms with van der Waals surface area (Å²) >= 11 is 1.99. The molecule has 2 aromatic heterocycles. The van der Waals surface area contributed by atoms with Crippen LogP contribution >= 0.6 is 22.7 Å². The number of nitrogens with one attached hydrogen (secondary N) is 2. The lowest BCUT2D eigenvalue weighted by Gasteiger charge is -2.14. The largest absolute Gasteiger partial charge is 0.434 e. The maximum atomic E-state index is 12.5. The first-order chi connectivity index (χ1) is 9.90. The molecule has 2 heterocycles. The number of alkyl halides is 3. The molecule has 0 aliphatic heterocycles. The average Bonchev–Trinajstić information content (AvgIpc) is 3.05. The van der Waals surface area contributed by atoms with Crippen LogP contribution in [0.5, 0.6) is 0 Å². The average molecular weight is 337 g/mol. The van der Waals surface area contributed by atoms with Crippen LogP contribution < -0.4 is 10.6 Å². The van der Waals surface area contributed by atoms with E-state index in [1.165, 1.54) is 5.51 Å². The van der Waals surface area contributed by atoms with E-state index in [0.717, 1.165) is 28.1 Å². The van der Waals surface area contributed by atoms with Crippen LogP contribution in [0.4, 0.5) is 23.1 Å². The van der Waals surface area contributed by atoms with Gasteiger partial charge in [0, 0.05) is 5.38 Å². The van der Waals surface area contributed by atoms with Crippen molar-refractivity contribution in [2.24, 2.45) is 0 Å². The third-order valence-electron chi connectivity index (χ3n) is 2.40. The highest BCUT2D eigenvalue weighted by atomic mass is 32.1. The predicted molar refractivity (Wildman–Crippen MR) is 72.2 cm³/mol. The van der Waals surface area contributed by atoms with Crippen molar-refractivity contribution in [1.82, 2.24) is 20.5 Å². The number of carbonyl (C=O) groups is 1. The number of thiazole rings is 1. The monoisotopic (exact) mass is 337 g/mol. The summed E-state index contributed by atoms with van der Waals surface area (Å²) < 4.78 is 37.5. The molecule has 11 heteroatoms. The van der Waals surface area contributed by atoms with E-state index in [-0.39, 0.29) is 5.01 Å². The van der Waals surface area contributed by atoms with Gasteiger partial charge in [-0.15, -0.1) is 21.5 Å². The third-order valence-corrected chi connectivity index (χ3v) is 3.97. The lowest BCUT2D eigenvalue weighted by molar-refractivity contribution is -0.140. The fourth-order valence-electron chi connectivity index (χ4n) is 1.44. The Kier molecular flexibility index (Phi) is 4.73. The van der Waals surface area contributed by atoms with E-state index in [1.54, 1.807) is 6.92 Å². The maximum absolute atomic E-state index is 12.5. The Morgan fingerprint density at radius 2 is 2.19 bits per heavy atom. The van der Waals surface area contributed by atoms with Crippen molar-refractivity contribution in [3.8, 4) is 0 Å². The van der Waals surface area contributed by atoms with E-state index < -0.39 is 23.9 Å². The zero-order chi connectivity index (χ0) is 15.5. The minimum Gasteiger partial charge on any atom is -0.329 e. The number of nitrogens with zero attached hydrogens (tertiary/aromatic N) is 3. The number of anilines is 1. The van der Waals surface area contributed by atoms with Crippen molar-refractivity contribution in [2.45, 2.75) is 25.6 Å². The number of carbonyl (C=O) groups excluding carboxylic acids is 1. The molecular formula is C10H10F3N5OS2. The molecule has 2 aromatic rings. The maximum Gasteiger partial charge on any atom is 0.434 e. The summed E-state index contributed by atoms with van der Waals surface area (Å²) in [5.74, 6) is 0. The van der Waals surface area contributed by atoms with Gasteiger partial charge in [0.05, 0.1) is 6.04 Å². The van der Waals surface area contributed by atoms with Crippen molar-refractivity contribution in [2.75, 3.05) is 5.32 Å². The predicted octanol–water partition coefficient (Wildman–Crippen LogP) is 3.29. The fraction of sp³-hybridized carbons (Fsp3) is 0.400. The molecule has 0 aliphatic carbocycles. The van der Waals surface area contributed by atoms with Crippen molar-refractivity contribution < 1.29 is 18.0 Å². The molecule has 6 nitrogen and oxygen atoms in total. The highest BCUT2D eigenvalue weighted by Crippen LogP contribution is 2.32. The molecule has 0 saturated heterocycles. The second-order valence-corrected chi connectivity index (χ2v) is 5.59. The molecule has 1 atom stereocenters. The first-order valence-corrected chi connectivity index (χ1v) is 7.52. The first-order valence-electron chi connectivity index (χ1n) is 5.76. The molecule has 0 bridgehead atoms. The van der Waals surface area contributed by atoms with E-state index in [9.17, 15) is 18.0 Å². The van der Waals surface area contributed by atoms with Gasteiger partial charge in [0.2, 0.25) is 5.13 Å². The van der Waals surface area contributed by atoms with Gasteiger partial charge < -0.3 is 5.32 Å². The topological polar surface area (TPSA) is 79.8 Å². The van der Waals surface area contributed by atoms with Gasteiger partial charge in [0.25, 0.3) is 0 Å². The molecule has 0 saturated carbocycles. The highest BCUT2D eigenvalue weighted by molar-refractivity contribution is 7.13. The molecule has 0 radical (unpaired) electrons. The van der Waals surface area contributed by atoms with E-state index in [0.29, 0.717) is 11.6 Å². The molecule has 0 aliphatic rings. The van der Waals surface area contributed by atoms with Gasteiger partial charge in [0.1, 0.15) is 10.5 Å². The highest BCUT2D eigenvalue weighted by Gasteiger charge is 2.34. The van der Waals surface area contributed by atoms with Crippen molar-refractivity contribution in [3.05, 3.63) is 21.6 Å². The van der Waals surface area contributed by atoms with E-state index in [1.807, 2.05) is 0 Å².